The van der Waals surface area contributed by atoms with Crippen LogP contribution in [0, 0.1) is 5.92 Å². The maximum Gasteiger partial charge on any atom is 0.225 e. The minimum absolute atomic E-state index is 0.195. The maximum absolute atomic E-state index is 12.2. The number of carbonyl (C=O) groups excluding carboxylic acids is 1. The van der Waals surface area contributed by atoms with Gasteiger partial charge < -0.3 is 10.0 Å². The molecule has 1 unspecified atom stereocenters. The van der Waals surface area contributed by atoms with Crippen LogP contribution in [-0.4, -0.2) is 35.1 Å². The van der Waals surface area contributed by atoms with E-state index in [0.717, 1.165) is 51.6 Å². The molecule has 1 N–H and O–H groups in total. The number of hydrogen-bond acceptors (Lipinski definition) is 2. The van der Waals surface area contributed by atoms with Crippen molar-refractivity contribution in [3.63, 3.8) is 0 Å². The van der Waals surface area contributed by atoms with E-state index in [1.807, 2.05) is 4.90 Å². The highest BCUT2D eigenvalue weighted by Crippen LogP contribution is 2.19. The lowest BCUT2D eigenvalue weighted by Crippen LogP contribution is -2.43. The van der Waals surface area contributed by atoms with Gasteiger partial charge in [-0.3, -0.25) is 4.79 Å². The van der Waals surface area contributed by atoms with Crippen LogP contribution < -0.4 is 0 Å². The van der Waals surface area contributed by atoms with Crippen LogP contribution in [-0.2, 0) is 4.79 Å². The molecule has 0 spiro atoms. The number of likely N-dealkylation sites (tertiary alicyclic amines) is 1. The zero-order valence-electron chi connectivity index (χ0n) is 10.6. The molecular weight excluding hydrogens is 202 g/mol. The summed E-state index contributed by atoms with van der Waals surface area (Å²) in [5, 5.41) is 9.41. The van der Waals surface area contributed by atoms with Crippen molar-refractivity contribution in [1.29, 1.82) is 0 Å². The van der Waals surface area contributed by atoms with E-state index in [1.165, 1.54) is 0 Å². The van der Waals surface area contributed by atoms with Gasteiger partial charge in [0.15, 0.2) is 0 Å². The minimum Gasteiger partial charge on any atom is -0.393 e. The first-order chi connectivity index (χ1) is 7.69. The van der Waals surface area contributed by atoms with E-state index in [9.17, 15) is 9.90 Å². The van der Waals surface area contributed by atoms with E-state index in [1.54, 1.807) is 0 Å². The Kier molecular flexibility index (Phi) is 5.81. The number of piperidine rings is 1. The van der Waals surface area contributed by atoms with Gasteiger partial charge in [0.1, 0.15) is 0 Å². The van der Waals surface area contributed by atoms with Gasteiger partial charge in [-0.05, 0) is 25.7 Å². The summed E-state index contributed by atoms with van der Waals surface area (Å²) in [6.07, 6.45) is 5.55. The first kappa shape index (κ1) is 13.5. The van der Waals surface area contributed by atoms with Gasteiger partial charge in [-0.1, -0.05) is 26.7 Å². The van der Waals surface area contributed by atoms with Gasteiger partial charge in [0, 0.05) is 19.0 Å². The summed E-state index contributed by atoms with van der Waals surface area (Å²) in [5.74, 6) is 0.512. The molecule has 3 heteroatoms. The Morgan fingerprint density at radius 1 is 1.38 bits per heavy atom. The third kappa shape index (κ3) is 3.78. The molecule has 3 nitrogen and oxygen atoms in total. The van der Waals surface area contributed by atoms with Gasteiger partial charge in [-0.15, -0.1) is 0 Å². The third-order valence-electron chi connectivity index (χ3n) is 3.52. The fraction of sp³-hybridized carbons (Fsp3) is 0.923. The summed E-state index contributed by atoms with van der Waals surface area (Å²) >= 11 is 0. The molecule has 0 saturated carbocycles. The van der Waals surface area contributed by atoms with Gasteiger partial charge in [-0.25, -0.2) is 0 Å². The average molecular weight is 227 g/mol. The number of nitrogens with zero attached hydrogens (tertiary/aromatic N) is 1. The Bertz CT molecular complexity index is 203. The van der Waals surface area contributed by atoms with Crippen molar-refractivity contribution >= 4 is 5.91 Å². The first-order valence-electron chi connectivity index (χ1n) is 6.65. The van der Waals surface area contributed by atoms with Crippen LogP contribution in [0.15, 0.2) is 0 Å². The van der Waals surface area contributed by atoms with Crippen LogP contribution in [0.3, 0.4) is 0 Å². The molecule has 1 rings (SSSR count). The van der Waals surface area contributed by atoms with Crippen LogP contribution in [0.2, 0.25) is 0 Å². The van der Waals surface area contributed by atoms with E-state index in [-0.39, 0.29) is 12.0 Å². The molecule has 1 saturated heterocycles. The fourth-order valence-corrected chi connectivity index (χ4v) is 2.30. The molecule has 0 aromatic carbocycles. The maximum atomic E-state index is 12.2. The van der Waals surface area contributed by atoms with E-state index in [2.05, 4.69) is 13.8 Å². The van der Waals surface area contributed by atoms with E-state index >= 15 is 0 Å². The molecule has 94 valence electrons. The fourth-order valence-electron chi connectivity index (χ4n) is 2.30. The Hall–Kier alpha value is -0.570. The molecule has 0 radical (unpaired) electrons. The summed E-state index contributed by atoms with van der Waals surface area (Å²) in [5.41, 5.74) is 0. The van der Waals surface area contributed by atoms with Crippen molar-refractivity contribution in [3.8, 4) is 0 Å². The molecule has 1 heterocycles. The third-order valence-corrected chi connectivity index (χ3v) is 3.52. The molecule has 1 atom stereocenters. The summed E-state index contributed by atoms with van der Waals surface area (Å²) in [7, 11) is 0. The molecule has 0 aromatic heterocycles. The van der Waals surface area contributed by atoms with Gasteiger partial charge >= 0.3 is 0 Å². The smallest absolute Gasteiger partial charge is 0.225 e. The van der Waals surface area contributed by atoms with Crippen LogP contribution in [0.5, 0.6) is 0 Å². The topological polar surface area (TPSA) is 40.5 Å². The highest BCUT2D eigenvalue weighted by atomic mass is 16.3. The first-order valence-corrected chi connectivity index (χ1v) is 6.65. The number of aliphatic hydroxyl groups excluding tert-OH is 1. The molecule has 1 amide bonds. The number of unbranched alkanes of at least 4 members (excludes halogenated alkanes) is 1. The Morgan fingerprint density at radius 2 is 2.00 bits per heavy atom. The van der Waals surface area contributed by atoms with E-state index in [0.29, 0.717) is 5.91 Å². The molecular formula is C13H25NO2. The Labute approximate surface area is 98.8 Å². The van der Waals surface area contributed by atoms with Gasteiger partial charge in [-0.2, -0.15) is 0 Å². The van der Waals surface area contributed by atoms with Crippen molar-refractivity contribution < 1.29 is 9.90 Å². The lowest BCUT2D eigenvalue weighted by Gasteiger charge is -2.32. The number of hydrogen-bond donors (Lipinski definition) is 1. The van der Waals surface area contributed by atoms with E-state index in [4.69, 9.17) is 0 Å². The van der Waals surface area contributed by atoms with Crippen molar-refractivity contribution in [3.05, 3.63) is 0 Å². The summed E-state index contributed by atoms with van der Waals surface area (Å²) < 4.78 is 0. The van der Waals surface area contributed by atoms with Crippen LogP contribution in [0.4, 0.5) is 0 Å². The minimum atomic E-state index is -0.195. The van der Waals surface area contributed by atoms with Crippen LogP contribution >= 0.6 is 0 Å². The highest BCUT2D eigenvalue weighted by molar-refractivity contribution is 5.78. The van der Waals surface area contributed by atoms with E-state index < -0.39 is 0 Å². The van der Waals surface area contributed by atoms with Crippen molar-refractivity contribution in [2.24, 2.45) is 5.92 Å². The largest absolute Gasteiger partial charge is 0.393 e. The number of carbonyl (C=O) groups is 1. The zero-order chi connectivity index (χ0) is 12.0. The standard InChI is InChI=1S/C13H25NO2/c1-3-5-6-11(4-2)13(16)14-9-7-12(15)8-10-14/h11-12,15H,3-10H2,1-2H3. The summed E-state index contributed by atoms with van der Waals surface area (Å²) in [6.45, 7) is 5.73. The van der Waals surface area contributed by atoms with Gasteiger partial charge in [0.05, 0.1) is 6.10 Å². The average Bonchev–Trinajstić information content (AvgIpc) is 2.30. The van der Waals surface area contributed by atoms with Gasteiger partial charge in [0.2, 0.25) is 5.91 Å². The van der Waals surface area contributed by atoms with Crippen molar-refractivity contribution in [1.82, 2.24) is 4.90 Å². The van der Waals surface area contributed by atoms with Crippen LogP contribution in [0.25, 0.3) is 0 Å². The SMILES string of the molecule is CCCCC(CC)C(=O)N1CCC(O)CC1. The molecule has 0 aromatic rings. The predicted octanol–water partition coefficient (Wildman–Crippen LogP) is 2.19. The van der Waals surface area contributed by atoms with Crippen molar-refractivity contribution in [2.45, 2.75) is 58.5 Å². The molecule has 0 bridgehead atoms. The highest BCUT2D eigenvalue weighted by Gasteiger charge is 2.25. The normalized spacial score (nSPS) is 19.8. The Morgan fingerprint density at radius 3 is 2.50 bits per heavy atom. The lowest BCUT2D eigenvalue weighted by molar-refractivity contribution is -0.137. The van der Waals surface area contributed by atoms with Crippen molar-refractivity contribution in [2.75, 3.05) is 13.1 Å². The van der Waals surface area contributed by atoms with Gasteiger partial charge in [0.25, 0.3) is 0 Å². The Balaban J connectivity index is 2.41. The number of aliphatic hydroxyl groups is 1. The molecule has 1 aliphatic rings. The second-order valence-electron chi connectivity index (χ2n) is 4.80. The second-order valence-corrected chi connectivity index (χ2v) is 4.80. The number of rotatable bonds is 5. The molecule has 16 heavy (non-hydrogen) atoms. The summed E-state index contributed by atoms with van der Waals surface area (Å²) in [6, 6.07) is 0. The van der Waals surface area contributed by atoms with Crippen LogP contribution in [0.1, 0.15) is 52.4 Å². The monoisotopic (exact) mass is 227 g/mol. The molecule has 1 fully saturated rings. The zero-order valence-corrected chi connectivity index (χ0v) is 10.6. The molecule has 0 aliphatic carbocycles. The summed E-state index contributed by atoms with van der Waals surface area (Å²) in [4.78, 5) is 14.1. The second kappa shape index (κ2) is 6.89. The lowest BCUT2D eigenvalue weighted by atomic mass is 9.96. The number of amides is 1. The predicted molar refractivity (Wildman–Crippen MR) is 65.1 cm³/mol. The molecule has 1 aliphatic heterocycles. The quantitative estimate of drug-likeness (QED) is 0.782.